The molecular weight excluding hydrogens is 322 g/mol. The molecule has 0 saturated carbocycles. The molecule has 0 bridgehead atoms. The minimum Gasteiger partial charge on any atom is -0.493 e. The van der Waals surface area contributed by atoms with Crippen LogP contribution < -0.4 is 9.47 Å². The first-order valence-electron chi connectivity index (χ1n) is 8.40. The molecule has 6 heteroatoms. The van der Waals surface area contributed by atoms with Crippen molar-refractivity contribution in [3.05, 3.63) is 47.4 Å². The Morgan fingerprint density at radius 2 is 1.96 bits per heavy atom. The van der Waals surface area contributed by atoms with Crippen LogP contribution in [0.5, 0.6) is 11.5 Å². The van der Waals surface area contributed by atoms with E-state index in [1.54, 1.807) is 14.2 Å². The molecule has 2 aromatic rings. The largest absolute Gasteiger partial charge is 0.493 e. The second kappa shape index (κ2) is 7.91. The Bertz CT molecular complexity index is 699. The summed E-state index contributed by atoms with van der Waals surface area (Å²) in [5, 5.41) is 9.81. The monoisotopic (exact) mass is 347 g/mol. The normalized spacial score (nSPS) is 21.3. The van der Waals surface area contributed by atoms with Gasteiger partial charge in [0, 0.05) is 6.54 Å². The molecule has 1 fully saturated rings. The van der Waals surface area contributed by atoms with Gasteiger partial charge in [-0.05, 0) is 36.8 Å². The molecule has 3 rings (SSSR count). The van der Waals surface area contributed by atoms with Gasteiger partial charge in [0.25, 0.3) is 0 Å². The Balaban J connectivity index is 1.91. The molecule has 2 atom stereocenters. The van der Waals surface area contributed by atoms with Gasteiger partial charge in [-0.25, -0.2) is 0 Å². The van der Waals surface area contributed by atoms with E-state index in [1.807, 2.05) is 37.3 Å². The summed E-state index contributed by atoms with van der Waals surface area (Å²) < 4.78 is 22.3. The number of rotatable bonds is 6. The molecule has 0 radical (unpaired) electrons. The van der Waals surface area contributed by atoms with E-state index < -0.39 is 0 Å². The predicted molar refractivity (Wildman–Crippen MR) is 93.0 cm³/mol. The van der Waals surface area contributed by atoms with E-state index in [-0.39, 0.29) is 18.8 Å². The number of hydrogen-bond acceptors (Lipinski definition) is 6. The average Bonchev–Trinajstić information content (AvgIpc) is 3.05. The molecule has 1 N–H and O–H groups in total. The highest BCUT2D eigenvalue weighted by Gasteiger charge is 2.34. The van der Waals surface area contributed by atoms with Gasteiger partial charge in [-0.3, -0.25) is 4.90 Å². The number of methoxy groups -OCH3 is 2. The summed E-state index contributed by atoms with van der Waals surface area (Å²) in [6.07, 6.45) is -0.303. The van der Waals surface area contributed by atoms with Crippen LogP contribution in [0.2, 0.25) is 0 Å². The third-order valence-electron chi connectivity index (χ3n) is 4.54. The van der Waals surface area contributed by atoms with Crippen LogP contribution in [0.15, 0.2) is 34.7 Å². The fourth-order valence-electron chi connectivity index (χ4n) is 3.35. The lowest BCUT2D eigenvalue weighted by Crippen LogP contribution is -2.46. The van der Waals surface area contributed by atoms with Crippen molar-refractivity contribution in [3.63, 3.8) is 0 Å². The molecule has 6 nitrogen and oxygen atoms in total. The number of morpholine rings is 1. The van der Waals surface area contributed by atoms with Gasteiger partial charge < -0.3 is 23.7 Å². The lowest BCUT2D eigenvalue weighted by Gasteiger charge is -2.40. The van der Waals surface area contributed by atoms with Gasteiger partial charge >= 0.3 is 0 Å². The zero-order valence-electron chi connectivity index (χ0n) is 14.9. The van der Waals surface area contributed by atoms with Gasteiger partial charge in [-0.2, -0.15) is 0 Å². The smallest absolute Gasteiger partial charge is 0.161 e. The van der Waals surface area contributed by atoms with Crippen molar-refractivity contribution in [2.45, 2.75) is 25.6 Å². The first-order valence-corrected chi connectivity index (χ1v) is 8.40. The Morgan fingerprint density at radius 3 is 2.60 bits per heavy atom. The van der Waals surface area contributed by atoms with Crippen LogP contribution in [0.25, 0.3) is 0 Å². The molecule has 0 spiro atoms. The van der Waals surface area contributed by atoms with Gasteiger partial charge in [-0.15, -0.1) is 0 Å². The predicted octanol–water partition coefficient (Wildman–Crippen LogP) is 2.54. The quantitative estimate of drug-likeness (QED) is 0.866. The van der Waals surface area contributed by atoms with Crippen molar-refractivity contribution in [3.8, 4) is 11.5 Å². The topological polar surface area (TPSA) is 64.3 Å². The van der Waals surface area contributed by atoms with E-state index in [2.05, 4.69) is 4.90 Å². The number of aryl methyl sites for hydroxylation is 1. The molecule has 1 aliphatic rings. The maximum atomic E-state index is 9.81. The van der Waals surface area contributed by atoms with Gasteiger partial charge in [0.15, 0.2) is 11.5 Å². The Labute approximate surface area is 147 Å². The fourth-order valence-corrected chi connectivity index (χ4v) is 3.35. The average molecular weight is 347 g/mol. The number of ether oxygens (including phenoxy) is 3. The molecule has 2 unspecified atom stereocenters. The number of nitrogens with zero attached hydrogens (tertiary/aromatic N) is 1. The van der Waals surface area contributed by atoms with Crippen LogP contribution in [0.4, 0.5) is 0 Å². The maximum Gasteiger partial charge on any atom is 0.161 e. The zero-order chi connectivity index (χ0) is 17.8. The summed E-state index contributed by atoms with van der Waals surface area (Å²) in [6, 6.07) is 9.68. The minimum absolute atomic E-state index is 0.0489. The molecule has 0 aliphatic carbocycles. The second-order valence-electron chi connectivity index (χ2n) is 6.13. The number of aliphatic hydroxyl groups is 1. The van der Waals surface area contributed by atoms with Crippen molar-refractivity contribution in [2.24, 2.45) is 0 Å². The maximum absolute atomic E-state index is 9.81. The highest BCUT2D eigenvalue weighted by molar-refractivity contribution is 5.44. The van der Waals surface area contributed by atoms with Crippen LogP contribution >= 0.6 is 0 Å². The molecule has 136 valence electrons. The molecule has 1 aliphatic heterocycles. The molecule has 1 aromatic heterocycles. The highest BCUT2D eigenvalue weighted by atomic mass is 16.5. The molecule has 1 saturated heterocycles. The van der Waals surface area contributed by atoms with Crippen molar-refractivity contribution in [2.75, 3.05) is 34.0 Å². The van der Waals surface area contributed by atoms with Crippen molar-refractivity contribution >= 4 is 0 Å². The zero-order valence-corrected chi connectivity index (χ0v) is 14.9. The van der Waals surface area contributed by atoms with Crippen molar-refractivity contribution in [1.82, 2.24) is 4.90 Å². The summed E-state index contributed by atoms with van der Waals surface area (Å²) in [6.45, 7) is 3.88. The summed E-state index contributed by atoms with van der Waals surface area (Å²) in [5.74, 6) is 3.14. The SMILES string of the molecule is COc1ccc(C2C(CO)OCCN2Cc2ccc(C)o2)cc1OC. The molecule has 0 amide bonds. The van der Waals surface area contributed by atoms with Crippen LogP contribution in [0.1, 0.15) is 23.1 Å². The van der Waals surface area contributed by atoms with Crippen LogP contribution in [0, 0.1) is 6.92 Å². The summed E-state index contributed by atoms with van der Waals surface area (Å²) in [7, 11) is 3.23. The number of hydrogen-bond donors (Lipinski definition) is 1. The third kappa shape index (κ3) is 3.81. The second-order valence-corrected chi connectivity index (χ2v) is 6.13. The van der Waals surface area contributed by atoms with Gasteiger partial charge in [-0.1, -0.05) is 6.07 Å². The molecular formula is C19H25NO5. The lowest BCUT2D eigenvalue weighted by molar-refractivity contribution is -0.0975. The van der Waals surface area contributed by atoms with E-state index in [0.29, 0.717) is 24.7 Å². The van der Waals surface area contributed by atoms with Crippen LogP contribution in [-0.4, -0.2) is 50.1 Å². The van der Waals surface area contributed by atoms with Gasteiger partial charge in [0.2, 0.25) is 0 Å². The molecule has 2 heterocycles. The highest BCUT2D eigenvalue weighted by Crippen LogP contribution is 2.36. The van der Waals surface area contributed by atoms with E-state index in [0.717, 1.165) is 23.6 Å². The third-order valence-corrected chi connectivity index (χ3v) is 4.54. The fraction of sp³-hybridized carbons (Fsp3) is 0.474. The number of benzene rings is 1. The van der Waals surface area contributed by atoms with E-state index in [4.69, 9.17) is 18.6 Å². The molecule has 1 aromatic carbocycles. The standard InChI is InChI=1S/C19H25NO5/c1-13-4-6-15(25-13)11-20-8-9-24-18(12-21)19(20)14-5-7-16(22-2)17(10-14)23-3/h4-7,10,18-19,21H,8-9,11-12H2,1-3H3. The summed E-state index contributed by atoms with van der Waals surface area (Å²) >= 11 is 0. The van der Waals surface area contributed by atoms with Crippen molar-refractivity contribution in [1.29, 1.82) is 0 Å². The minimum atomic E-state index is -0.303. The summed E-state index contributed by atoms with van der Waals surface area (Å²) in [4.78, 5) is 2.27. The van der Waals surface area contributed by atoms with Gasteiger partial charge in [0.1, 0.15) is 17.6 Å². The first kappa shape index (κ1) is 17.8. The van der Waals surface area contributed by atoms with Crippen molar-refractivity contribution < 1.29 is 23.7 Å². The van der Waals surface area contributed by atoms with Crippen LogP contribution in [-0.2, 0) is 11.3 Å². The Kier molecular flexibility index (Phi) is 5.63. The first-order chi connectivity index (χ1) is 12.2. The van der Waals surface area contributed by atoms with E-state index >= 15 is 0 Å². The van der Waals surface area contributed by atoms with E-state index in [1.165, 1.54) is 0 Å². The lowest BCUT2D eigenvalue weighted by atomic mass is 9.97. The van der Waals surface area contributed by atoms with Crippen LogP contribution in [0.3, 0.4) is 0 Å². The Morgan fingerprint density at radius 1 is 1.16 bits per heavy atom. The number of aliphatic hydroxyl groups excluding tert-OH is 1. The Hall–Kier alpha value is -2.02. The molecule has 25 heavy (non-hydrogen) atoms. The summed E-state index contributed by atoms with van der Waals surface area (Å²) in [5.41, 5.74) is 1.01. The number of furan rings is 1. The van der Waals surface area contributed by atoms with E-state index in [9.17, 15) is 5.11 Å². The van der Waals surface area contributed by atoms with Gasteiger partial charge in [0.05, 0.1) is 40.0 Å².